The van der Waals surface area contributed by atoms with E-state index in [1.807, 2.05) is 0 Å². The largest absolute Gasteiger partial charge is 0.436 e. The van der Waals surface area contributed by atoms with Gasteiger partial charge in [-0.15, -0.1) is 0 Å². The summed E-state index contributed by atoms with van der Waals surface area (Å²) in [6, 6.07) is 9.32. The van der Waals surface area contributed by atoms with Crippen molar-refractivity contribution in [3.05, 3.63) is 52.0 Å². The number of aliphatic hydroxyl groups is 1. The quantitative estimate of drug-likeness (QED) is 0.682. The number of carbonyl (C=O) groups is 1. The Morgan fingerprint density at radius 2 is 1.93 bits per heavy atom. The Kier molecular flexibility index (Phi) is 4.33. The lowest BCUT2D eigenvalue weighted by Crippen LogP contribution is -2.32. The van der Waals surface area contributed by atoms with Crippen LogP contribution in [0.2, 0.25) is 10.0 Å². The molecule has 1 fully saturated rings. The van der Waals surface area contributed by atoms with Crippen molar-refractivity contribution in [1.29, 1.82) is 0 Å². The van der Waals surface area contributed by atoms with Gasteiger partial charge in [-0.05, 0) is 36.4 Å². The molecule has 1 unspecified atom stereocenters. The molecule has 4 rings (SSSR count). The maximum atomic E-state index is 13.5. The Labute approximate surface area is 162 Å². The molecule has 27 heavy (non-hydrogen) atoms. The highest BCUT2D eigenvalue weighted by molar-refractivity contribution is 6.35. The first-order valence-corrected chi connectivity index (χ1v) is 8.71. The Morgan fingerprint density at radius 1 is 1.22 bits per heavy atom. The van der Waals surface area contributed by atoms with Crippen LogP contribution in [-0.4, -0.2) is 46.0 Å². The van der Waals surface area contributed by atoms with E-state index in [0.29, 0.717) is 26.7 Å². The molecule has 2 heterocycles. The number of oxazole rings is 1. The Bertz CT molecular complexity index is 1030. The van der Waals surface area contributed by atoms with Crippen molar-refractivity contribution in [1.82, 2.24) is 9.88 Å². The molecular formula is C18H12Cl2F2N2O3. The second-order valence-corrected chi connectivity index (χ2v) is 7.20. The number of fused-ring (bicyclic) bond motifs is 1. The van der Waals surface area contributed by atoms with Crippen molar-refractivity contribution >= 4 is 40.2 Å². The van der Waals surface area contributed by atoms with Crippen LogP contribution in [0.3, 0.4) is 0 Å². The van der Waals surface area contributed by atoms with Crippen molar-refractivity contribution < 1.29 is 23.1 Å². The summed E-state index contributed by atoms with van der Waals surface area (Å²) in [6.45, 7) is -1.25. The number of aromatic nitrogens is 1. The molecule has 0 aliphatic carbocycles. The number of alkyl halides is 2. The number of amides is 1. The third-order valence-corrected chi connectivity index (χ3v) is 4.75. The molecule has 5 nitrogen and oxygen atoms in total. The molecule has 140 valence electrons. The molecule has 1 aliphatic heterocycles. The monoisotopic (exact) mass is 412 g/mol. The second-order valence-electron chi connectivity index (χ2n) is 6.32. The first-order chi connectivity index (χ1) is 12.7. The number of benzene rings is 2. The van der Waals surface area contributed by atoms with Crippen LogP contribution in [0.25, 0.3) is 22.6 Å². The average molecular weight is 413 g/mol. The number of nitrogens with zero attached hydrogens (tertiary/aromatic N) is 2. The zero-order chi connectivity index (χ0) is 19.3. The minimum Gasteiger partial charge on any atom is -0.436 e. The van der Waals surface area contributed by atoms with Gasteiger partial charge >= 0.3 is 0 Å². The van der Waals surface area contributed by atoms with Gasteiger partial charge in [0.2, 0.25) is 5.89 Å². The molecule has 1 saturated heterocycles. The number of hydrogen-bond donors (Lipinski definition) is 1. The lowest BCUT2D eigenvalue weighted by atomic mass is 10.2. The van der Waals surface area contributed by atoms with E-state index in [2.05, 4.69) is 4.98 Å². The van der Waals surface area contributed by atoms with Crippen LogP contribution >= 0.6 is 23.2 Å². The summed E-state index contributed by atoms with van der Waals surface area (Å²) in [7, 11) is 0. The van der Waals surface area contributed by atoms with Crippen LogP contribution in [0.5, 0.6) is 0 Å². The molecular weight excluding hydrogens is 401 g/mol. The summed E-state index contributed by atoms with van der Waals surface area (Å²) in [5.74, 6) is -3.66. The van der Waals surface area contributed by atoms with E-state index in [1.54, 1.807) is 24.3 Å². The summed E-state index contributed by atoms with van der Waals surface area (Å²) in [4.78, 5) is 17.7. The van der Waals surface area contributed by atoms with Gasteiger partial charge in [0.25, 0.3) is 11.8 Å². The van der Waals surface area contributed by atoms with E-state index in [4.69, 9.17) is 27.6 Å². The van der Waals surface area contributed by atoms with E-state index < -0.39 is 31.0 Å². The summed E-state index contributed by atoms with van der Waals surface area (Å²) in [5.41, 5.74) is 1.54. The third-order valence-electron chi connectivity index (χ3n) is 4.31. The molecule has 0 spiro atoms. The zero-order valence-electron chi connectivity index (χ0n) is 13.6. The predicted octanol–water partition coefficient (Wildman–Crippen LogP) is 4.25. The fourth-order valence-electron chi connectivity index (χ4n) is 2.96. The first kappa shape index (κ1) is 18.2. The van der Waals surface area contributed by atoms with Gasteiger partial charge in [0, 0.05) is 21.2 Å². The standard InChI is InChI=1S/C18H12Cl2F2N2O3/c19-11-3-10(4-12(20)6-11)16-23-13-2-1-9(5-14(13)27-16)17(26)24-7-15(25)18(21,22)8-24/h1-6,15,25H,7-8H2. The van der Waals surface area contributed by atoms with Gasteiger partial charge in [-0.3, -0.25) is 4.79 Å². The molecule has 3 aromatic rings. The van der Waals surface area contributed by atoms with Gasteiger partial charge in [-0.25, -0.2) is 13.8 Å². The normalized spacial score (nSPS) is 19.0. The Morgan fingerprint density at radius 3 is 2.56 bits per heavy atom. The fourth-order valence-corrected chi connectivity index (χ4v) is 3.49. The van der Waals surface area contributed by atoms with Crippen molar-refractivity contribution in [3.63, 3.8) is 0 Å². The van der Waals surface area contributed by atoms with E-state index in [-0.39, 0.29) is 11.5 Å². The summed E-state index contributed by atoms with van der Waals surface area (Å²) in [6.07, 6.45) is -1.87. The fraction of sp³-hybridized carbons (Fsp3) is 0.222. The maximum absolute atomic E-state index is 13.5. The number of likely N-dealkylation sites (tertiary alicyclic amines) is 1. The van der Waals surface area contributed by atoms with Gasteiger partial charge < -0.3 is 14.4 Å². The Balaban J connectivity index is 1.66. The minimum atomic E-state index is -3.31. The van der Waals surface area contributed by atoms with Crippen molar-refractivity contribution in [2.24, 2.45) is 0 Å². The highest BCUT2D eigenvalue weighted by Gasteiger charge is 2.48. The highest BCUT2D eigenvalue weighted by atomic mass is 35.5. The second kappa shape index (κ2) is 6.44. The van der Waals surface area contributed by atoms with Crippen LogP contribution in [-0.2, 0) is 0 Å². The summed E-state index contributed by atoms with van der Waals surface area (Å²) < 4.78 is 32.6. The molecule has 9 heteroatoms. The number of aliphatic hydroxyl groups excluding tert-OH is 1. The van der Waals surface area contributed by atoms with Crippen molar-refractivity contribution in [2.75, 3.05) is 13.1 Å². The van der Waals surface area contributed by atoms with Gasteiger partial charge in [-0.1, -0.05) is 23.2 Å². The van der Waals surface area contributed by atoms with E-state index in [0.717, 1.165) is 4.90 Å². The summed E-state index contributed by atoms with van der Waals surface area (Å²) in [5, 5.41) is 10.2. The van der Waals surface area contributed by atoms with Gasteiger partial charge in [-0.2, -0.15) is 0 Å². The van der Waals surface area contributed by atoms with Crippen LogP contribution in [0.1, 0.15) is 10.4 Å². The van der Waals surface area contributed by atoms with Gasteiger partial charge in [0.15, 0.2) is 5.58 Å². The number of carbonyl (C=O) groups excluding carboxylic acids is 1. The molecule has 1 atom stereocenters. The molecule has 1 amide bonds. The number of halogens is 4. The Hall–Kier alpha value is -2.22. The predicted molar refractivity (Wildman–Crippen MR) is 96.3 cm³/mol. The SMILES string of the molecule is O=C(c1ccc2nc(-c3cc(Cl)cc(Cl)c3)oc2c1)N1CC(O)C(F)(F)C1. The topological polar surface area (TPSA) is 66.6 Å². The van der Waals surface area contributed by atoms with Gasteiger partial charge in [0.1, 0.15) is 11.6 Å². The molecule has 0 bridgehead atoms. The first-order valence-electron chi connectivity index (χ1n) is 7.95. The number of β-amino-alcohol motifs (C(OH)–C–C–N with tert-alkyl or cyclic N) is 1. The number of rotatable bonds is 2. The lowest BCUT2D eigenvalue weighted by Gasteiger charge is -2.15. The minimum absolute atomic E-state index is 0.166. The van der Waals surface area contributed by atoms with E-state index in [1.165, 1.54) is 12.1 Å². The molecule has 0 radical (unpaired) electrons. The molecule has 0 saturated carbocycles. The molecule has 2 aromatic carbocycles. The van der Waals surface area contributed by atoms with E-state index in [9.17, 15) is 18.7 Å². The highest BCUT2D eigenvalue weighted by Crippen LogP contribution is 2.31. The number of hydrogen-bond acceptors (Lipinski definition) is 4. The molecule has 1 N–H and O–H groups in total. The zero-order valence-corrected chi connectivity index (χ0v) is 15.1. The smallest absolute Gasteiger partial charge is 0.292 e. The third kappa shape index (κ3) is 3.38. The summed E-state index contributed by atoms with van der Waals surface area (Å²) >= 11 is 12.0. The van der Waals surface area contributed by atoms with E-state index >= 15 is 0 Å². The van der Waals surface area contributed by atoms with Crippen LogP contribution < -0.4 is 0 Å². The maximum Gasteiger partial charge on any atom is 0.292 e. The van der Waals surface area contributed by atoms with Crippen LogP contribution in [0.15, 0.2) is 40.8 Å². The van der Waals surface area contributed by atoms with Crippen LogP contribution in [0.4, 0.5) is 8.78 Å². The average Bonchev–Trinajstić information content (AvgIpc) is 3.13. The van der Waals surface area contributed by atoms with Crippen molar-refractivity contribution in [3.8, 4) is 11.5 Å². The lowest BCUT2D eigenvalue weighted by molar-refractivity contribution is -0.0727. The molecule has 1 aliphatic rings. The molecule has 1 aromatic heterocycles. The van der Waals surface area contributed by atoms with Crippen LogP contribution in [0, 0.1) is 0 Å². The van der Waals surface area contributed by atoms with Gasteiger partial charge in [0.05, 0.1) is 13.1 Å². The van der Waals surface area contributed by atoms with Crippen molar-refractivity contribution in [2.45, 2.75) is 12.0 Å².